The minimum Gasteiger partial charge on any atom is -0.462 e. The lowest BCUT2D eigenvalue weighted by Gasteiger charge is -2.35. The molecule has 0 spiro atoms. The molecule has 1 N–H and O–H groups in total. The molecular formula is C23H31FN4O6. The van der Waals surface area contributed by atoms with Gasteiger partial charge in [-0.15, -0.1) is 0 Å². The van der Waals surface area contributed by atoms with Gasteiger partial charge >= 0.3 is 18.0 Å². The van der Waals surface area contributed by atoms with E-state index < -0.39 is 23.8 Å². The lowest BCUT2D eigenvalue weighted by atomic mass is 10.1. The van der Waals surface area contributed by atoms with Crippen LogP contribution in [0.1, 0.15) is 33.6 Å². The Balaban J connectivity index is 1.83. The van der Waals surface area contributed by atoms with E-state index in [0.29, 0.717) is 38.5 Å². The summed E-state index contributed by atoms with van der Waals surface area (Å²) in [6.45, 7) is 7.07. The number of halogens is 1. The maximum absolute atomic E-state index is 14.7. The zero-order chi connectivity index (χ0) is 24.7. The fraction of sp³-hybridized carbons (Fsp3) is 0.565. The van der Waals surface area contributed by atoms with Crippen molar-refractivity contribution in [3.05, 3.63) is 29.2 Å². The molecule has 1 saturated heterocycles. The maximum atomic E-state index is 14.7. The molecule has 34 heavy (non-hydrogen) atoms. The van der Waals surface area contributed by atoms with E-state index in [9.17, 15) is 18.8 Å². The van der Waals surface area contributed by atoms with Gasteiger partial charge in [0.2, 0.25) is 0 Å². The maximum Gasteiger partial charge on any atom is 0.409 e. The van der Waals surface area contributed by atoms with Crippen LogP contribution in [0, 0.1) is 11.7 Å². The number of aromatic nitrogens is 1. The van der Waals surface area contributed by atoms with E-state index in [4.69, 9.17) is 14.2 Å². The molecule has 0 atom stereocenters. The van der Waals surface area contributed by atoms with Gasteiger partial charge in [0, 0.05) is 37.8 Å². The van der Waals surface area contributed by atoms with Gasteiger partial charge in [0.25, 0.3) is 0 Å². The van der Waals surface area contributed by atoms with Crippen LogP contribution < -0.4 is 10.2 Å². The van der Waals surface area contributed by atoms with E-state index in [0.717, 1.165) is 12.8 Å². The van der Waals surface area contributed by atoms with Gasteiger partial charge in [0.15, 0.2) is 17.2 Å². The molecule has 3 rings (SSSR count). The number of esters is 2. The lowest BCUT2D eigenvalue weighted by molar-refractivity contribution is -0.146. The average Bonchev–Trinajstić information content (AvgIpc) is 3.66. The molecule has 1 amide bonds. The first-order valence-electron chi connectivity index (χ1n) is 11.6. The van der Waals surface area contributed by atoms with Gasteiger partial charge in [0.1, 0.15) is 5.82 Å². The third kappa shape index (κ3) is 6.15. The number of allylic oxidation sites excluding steroid dienone is 1. The molecule has 0 radical (unpaired) electrons. The zero-order valence-corrected chi connectivity index (χ0v) is 19.8. The van der Waals surface area contributed by atoms with Crippen LogP contribution in [0.5, 0.6) is 0 Å². The number of carbonyl (C=O) groups is 3. The number of carbonyl (C=O) groups excluding carboxylic acids is 3. The summed E-state index contributed by atoms with van der Waals surface area (Å²) in [6, 6.07) is 2.73. The van der Waals surface area contributed by atoms with Crippen LogP contribution in [0.25, 0.3) is 0 Å². The second-order valence-corrected chi connectivity index (χ2v) is 7.80. The third-order valence-corrected chi connectivity index (χ3v) is 5.41. The summed E-state index contributed by atoms with van der Waals surface area (Å²) in [6.07, 6.45) is 1.18. The van der Waals surface area contributed by atoms with Crippen LogP contribution in [0.4, 0.5) is 20.8 Å². The molecule has 186 valence electrons. The number of anilines is 2. The van der Waals surface area contributed by atoms with E-state index in [-0.39, 0.29) is 36.3 Å². The number of nitrogens with one attached hydrogen (secondary N) is 1. The number of hydrogen-bond acceptors (Lipinski definition) is 9. The standard InChI is InChI=1S/C23H31FN4O6/c1-4-32-21(29)18(22(30)33-5-2)19(15-7-8-15)25-17-10-9-16(24)20(26-17)27-11-13-28(14-12-27)23(31)34-6-3/h9-10,15H,4-8,11-14H2,1-3H3,(H,25,26). The zero-order valence-electron chi connectivity index (χ0n) is 19.8. The van der Waals surface area contributed by atoms with Crippen molar-refractivity contribution in [1.29, 1.82) is 0 Å². The molecule has 1 aliphatic carbocycles. The van der Waals surface area contributed by atoms with Crippen LogP contribution in [-0.4, -0.2) is 73.9 Å². The van der Waals surface area contributed by atoms with Crippen molar-refractivity contribution in [2.24, 2.45) is 5.92 Å². The molecule has 0 aromatic carbocycles. The number of amides is 1. The topological polar surface area (TPSA) is 110 Å². The predicted molar refractivity (Wildman–Crippen MR) is 122 cm³/mol. The Bertz CT molecular complexity index is 921. The highest BCUT2D eigenvalue weighted by atomic mass is 19.1. The van der Waals surface area contributed by atoms with Crippen LogP contribution >= 0.6 is 0 Å². The van der Waals surface area contributed by atoms with Gasteiger partial charge in [-0.3, -0.25) is 0 Å². The van der Waals surface area contributed by atoms with E-state index in [1.807, 2.05) is 0 Å². The molecule has 11 heteroatoms. The van der Waals surface area contributed by atoms with Crippen molar-refractivity contribution >= 4 is 29.7 Å². The second kappa shape index (κ2) is 11.7. The third-order valence-electron chi connectivity index (χ3n) is 5.41. The molecule has 1 saturated carbocycles. The molecule has 0 unspecified atom stereocenters. The van der Waals surface area contributed by atoms with Crippen molar-refractivity contribution < 1.29 is 33.0 Å². The number of piperazine rings is 1. The Kier molecular flexibility index (Phi) is 8.67. The van der Waals surface area contributed by atoms with E-state index in [1.54, 1.807) is 30.6 Å². The Morgan fingerprint density at radius 1 is 0.971 bits per heavy atom. The van der Waals surface area contributed by atoms with Crippen LogP contribution in [-0.2, 0) is 23.8 Å². The highest BCUT2D eigenvalue weighted by Crippen LogP contribution is 2.39. The molecule has 10 nitrogen and oxygen atoms in total. The smallest absolute Gasteiger partial charge is 0.409 e. The number of nitrogens with zero attached hydrogens (tertiary/aromatic N) is 3. The largest absolute Gasteiger partial charge is 0.462 e. The van der Waals surface area contributed by atoms with Crippen LogP contribution in [0.15, 0.2) is 23.4 Å². The van der Waals surface area contributed by atoms with Gasteiger partial charge in [-0.05, 0) is 45.7 Å². The normalized spacial score (nSPS) is 15.4. The summed E-state index contributed by atoms with van der Waals surface area (Å²) in [5, 5.41) is 3.06. The van der Waals surface area contributed by atoms with E-state index >= 15 is 0 Å². The van der Waals surface area contributed by atoms with Gasteiger partial charge in [-0.1, -0.05) is 0 Å². The first-order chi connectivity index (χ1) is 16.4. The Hall–Kier alpha value is -3.37. The number of rotatable bonds is 9. The molecule has 2 aliphatic rings. The number of hydrogen-bond donors (Lipinski definition) is 1. The van der Waals surface area contributed by atoms with Crippen molar-refractivity contribution in [1.82, 2.24) is 9.88 Å². The Labute approximate surface area is 198 Å². The summed E-state index contributed by atoms with van der Waals surface area (Å²) in [5.74, 6) is -1.69. The molecule has 1 aromatic rings. The SMILES string of the molecule is CCOC(=O)C(C(=O)OCC)=C(Nc1ccc(F)c(N2CCN(C(=O)OCC)CC2)n1)C1CC1. The van der Waals surface area contributed by atoms with Crippen molar-refractivity contribution in [2.45, 2.75) is 33.6 Å². The summed E-state index contributed by atoms with van der Waals surface area (Å²) in [4.78, 5) is 44.8. The van der Waals surface area contributed by atoms with Crippen LogP contribution in [0.3, 0.4) is 0 Å². The van der Waals surface area contributed by atoms with Gasteiger partial charge in [-0.2, -0.15) is 0 Å². The molecule has 2 fully saturated rings. The first-order valence-corrected chi connectivity index (χ1v) is 11.6. The number of pyridine rings is 1. The molecule has 2 heterocycles. The summed E-state index contributed by atoms with van der Waals surface area (Å²) >= 11 is 0. The average molecular weight is 479 g/mol. The first kappa shape index (κ1) is 25.3. The summed E-state index contributed by atoms with van der Waals surface area (Å²) in [7, 11) is 0. The minimum atomic E-state index is -0.771. The van der Waals surface area contributed by atoms with Crippen molar-refractivity contribution in [3.63, 3.8) is 0 Å². The molecule has 1 aliphatic heterocycles. The Morgan fingerprint density at radius 3 is 2.09 bits per heavy atom. The minimum absolute atomic E-state index is 0.0489. The highest BCUT2D eigenvalue weighted by molar-refractivity contribution is 6.15. The summed E-state index contributed by atoms with van der Waals surface area (Å²) in [5.41, 5.74) is 0.177. The van der Waals surface area contributed by atoms with Gasteiger partial charge in [-0.25, -0.2) is 23.8 Å². The quantitative estimate of drug-likeness (QED) is 0.188. The predicted octanol–water partition coefficient (Wildman–Crippen LogP) is 2.70. The Morgan fingerprint density at radius 2 is 1.56 bits per heavy atom. The number of ether oxygens (including phenoxy) is 3. The van der Waals surface area contributed by atoms with E-state index in [1.165, 1.54) is 12.1 Å². The van der Waals surface area contributed by atoms with Crippen molar-refractivity contribution in [3.8, 4) is 0 Å². The van der Waals surface area contributed by atoms with Crippen LogP contribution in [0.2, 0.25) is 0 Å². The lowest BCUT2D eigenvalue weighted by Crippen LogP contribution is -2.49. The molecule has 1 aromatic heterocycles. The molecule has 0 bridgehead atoms. The summed E-state index contributed by atoms with van der Waals surface area (Å²) < 4.78 is 29.8. The van der Waals surface area contributed by atoms with Crippen molar-refractivity contribution in [2.75, 3.05) is 56.2 Å². The highest BCUT2D eigenvalue weighted by Gasteiger charge is 2.36. The molecular weight excluding hydrogens is 447 g/mol. The van der Waals surface area contributed by atoms with Gasteiger partial charge < -0.3 is 29.3 Å². The fourth-order valence-electron chi connectivity index (χ4n) is 3.63. The van der Waals surface area contributed by atoms with Gasteiger partial charge in [0.05, 0.1) is 19.8 Å². The monoisotopic (exact) mass is 478 g/mol. The van der Waals surface area contributed by atoms with E-state index in [2.05, 4.69) is 10.3 Å². The second-order valence-electron chi connectivity index (χ2n) is 7.80. The fourth-order valence-corrected chi connectivity index (χ4v) is 3.63.